The summed E-state index contributed by atoms with van der Waals surface area (Å²) >= 11 is 9.24. The number of hydrogen-bond donors (Lipinski definition) is 2. The van der Waals surface area contributed by atoms with E-state index in [1.165, 1.54) is 12.4 Å². The van der Waals surface area contributed by atoms with Gasteiger partial charge in [-0.2, -0.15) is 0 Å². The van der Waals surface area contributed by atoms with Crippen molar-refractivity contribution in [3.05, 3.63) is 45.8 Å². The van der Waals surface area contributed by atoms with E-state index < -0.39 is 0 Å². The minimum atomic E-state index is -0.344. The highest BCUT2D eigenvalue weighted by Crippen LogP contribution is 2.26. The number of amides is 1. The number of carbonyl (C=O) groups excluding carboxylic acids is 1. The van der Waals surface area contributed by atoms with Gasteiger partial charge in [0.15, 0.2) is 0 Å². The van der Waals surface area contributed by atoms with Crippen molar-refractivity contribution in [1.82, 2.24) is 9.97 Å². The lowest BCUT2D eigenvalue weighted by Gasteiger charge is -2.08. The number of benzene rings is 1. The van der Waals surface area contributed by atoms with E-state index in [0.717, 1.165) is 11.0 Å². The Hall–Kier alpha value is -1.66. The molecule has 1 aromatic heterocycles. The summed E-state index contributed by atoms with van der Waals surface area (Å²) in [5, 5.41) is 6.27. The lowest BCUT2D eigenvalue weighted by molar-refractivity contribution is 0.102. The van der Waals surface area contributed by atoms with Crippen molar-refractivity contribution in [2.75, 3.05) is 17.2 Å². The van der Waals surface area contributed by atoms with Crippen molar-refractivity contribution < 1.29 is 4.79 Å². The van der Waals surface area contributed by atoms with Gasteiger partial charge in [0, 0.05) is 16.0 Å². The summed E-state index contributed by atoms with van der Waals surface area (Å²) in [5.41, 5.74) is 0.818. The molecule has 0 aliphatic carbocycles. The van der Waals surface area contributed by atoms with Gasteiger partial charge in [0.25, 0.3) is 5.91 Å². The molecule has 2 rings (SSSR count). The quantitative estimate of drug-likeness (QED) is 0.880. The molecule has 0 aliphatic rings. The molecule has 0 radical (unpaired) electrons. The van der Waals surface area contributed by atoms with Gasteiger partial charge in [0.05, 0.1) is 18.1 Å². The van der Waals surface area contributed by atoms with Crippen LogP contribution in [0.15, 0.2) is 35.1 Å². The molecule has 2 aromatic rings. The van der Waals surface area contributed by atoms with Crippen molar-refractivity contribution >= 4 is 44.9 Å². The maximum atomic E-state index is 12.0. The van der Waals surface area contributed by atoms with Crippen LogP contribution in [0.1, 0.15) is 17.4 Å². The Morgan fingerprint density at radius 1 is 1.35 bits per heavy atom. The predicted octanol–water partition coefficient (Wildman–Crippen LogP) is 3.58. The first kappa shape index (κ1) is 14.7. The fourth-order valence-corrected chi connectivity index (χ4v) is 2.02. The van der Waals surface area contributed by atoms with Crippen LogP contribution in [0.4, 0.5) is 11.5 Å². The smallest absolute Gasteiger partial charge is 0.275 e. The Bertz CT molecular complexity index is 618. The highest BCUT2D eigenvalue weighted by Gasteiger charge is 2.10. The first-order valence-electron chi connectivity index (χ1n) is 5.92. The number of aromatic nitrogens is 2. The number of rotatable bonds is 4. The lowest BCUT2D eigenvalue weighted by Crippen LogP contribution is -2.14. The molecular weight excluding hydrogens is 344 g/mol. The van der Waals surface area contributed by atoms with Gasteiger partial charge >= 0.3 is 0 Å². The molecule has 0 aliphatic heterocycles. The normalized spacial score (nSPS) is 10.2. The van der Waals surface area contributed by atoms with Crippen LogP contribution in [0.3, 0.4) is 0 Å². The van der Waals surface area contributed by atoms with Crippen LogP contribution in [0.5, 0.6) is 0 Å². The SMILES string of the molecule is CCNc1cnc(C(=O)Nc2cc(Cl)ccc2Br)cn1. The molecule has 1 amide bonds. The fourth-order valence-electron chi connectivity index (χ4n) is 1.50. The number of hydrogen-bond acceptors (Lipinski definition) is 4. The highest BCUT2D eigenvalue weighted by atomic mass is 79.9. The van der Waals surface area contributed by atoms with Gasteiger partial charge in [-0.1, -0.05) is 11.6 Å². The van der Waals surface area contributed by atoms with Gasteiger partial charge in [-0.3, -0.25) is 4.79 Å². The Kier molecular flexibility index (Phi) is 4.92. The van der Waals surface area contributed by atoms with Gasteiger partial charge < -0.3 is 10.6 Å². The molecule has 0 saturated heterocycles. The Morgan fingerprint density at radius 3 is 2.80 bits per heavy atom. The molecule has 0 spiro atoms. The van der Waals surface area contributed by atoms with Crippen LogP contribution < -0.4 is 10.6 Å². The van der Waals surface area contributed by atoms with E-state index in [0.29, 0.717) is 16.5 Å². The van der Waals surface area contributed by atoms with Crippen molar-refractivity contribution in [1.29, 1.82) is 0 Å². The van der Waals surface area contributed by atoms with E-state index in [4.69, 9.17) is 11.6 Å². The largest absolute Gasteiger partial charge is 0.369 e. The van der Waals surface area contributed by atoms with Crippen molar-refractivity contribution in [3.63, 3.8) is 0 Å². The van der Waals surface area contributed by atoms with E-state index in [9.17, 15) is 4.79 Å². The van der Waals surface area contributed by atoms with E-state index >= 15 is 0 Å². The third-order valence-electron chi connectivity index (χ3n) is 2.42. The monoisotopic (exact) mass is 354 g/mol. The van der Waals surface area contributed by atoms with Crippen molar-refractivity contribution in [2.45, 2.75) is 6.92 Å². The van der Waals surface area contributed by atoms with Crippen molar-refractivity contribution in [2.24, 2.45) is 0 Å². The zero-order chi connectivity index (χ0) is 14.5. The second-order valence-electron chi connectivity index (χ2n) is 3.90. The third kappa shape index (κ3) is 3.68. The van der Waals surface area contributed by atoms with Crippen LogP contribution in [-0.2, 0) is 0 Å². The van der Waals surface area contributed by atoms with Gasteiger partial charge in [-0.05, 0) is 41.1 Å². The molecule has 0 bridgehead atoms. The molecule has 0 saturated carbocycles. The molecule has 0 unspecified atom stereocenters. The summed E-state index contributed by atoms with van der Waals surface area (Å²) in [4.78, 5) is 20.2. The van der Waals surface area contributed by atoms with E-state index in [1.54, 1.807) is 18.2 Å². The lowest BCUT2D eigenvalue weighted by atomic mass is 10.3. The fraction of sp³-hybridized carbons (Fsp3) is 0.154. The predicted molar refractivity (Wildman–Crippen MR) is 83.3 cm³/mol. The molecule has 5 nitrogen and oxygen atoms in total. The van der Waals surface area contributed by atoms with Crippen LogP contribution in [0.25, 0.3) is 0 Å². The van der Waals surface area contributed by atoms with Crippen molar-refractivity contribution in [3.8, 4) is 0 Å². The molecule has 1 heterocycles. The summed E-state index contributed by atoms with van der Waals surface area (Å²) in [6.07, 6.45) is 2.94. The van der Waals surface area contributed by atoms with Gasteiger partial charge in [-0.25, -0.2) is 9.97 Å². The first-order chi connectivity index (χ1) is 9.60. The van der Waals surface area contributed by atoms with Crippen LogP contribution in [-0.4, -0.2) is 22.4 Å². The Balaban J connectivity index is 2.13. The number of carbonyl (C=O) groups is 1. The minimum absolute atomic E-state index is 0.235. The number of anilines is 2. The Labute approximate surface area is 129 Å². The summed E-state index contributed by atoms with van der Waals surface area (Å²) in [7, 11) is 0. The zero-order valence-electron chi connectivity index (χ0n) is 10.7. The summed E-state index contributed by atoms with van der Waals surface area (Å²) in [6, 6.07) is 5.15. The third-order valence-corrected chi connectivity index (χ3v) is 3.35. The Morgan fingerprint density at radius 2 is 2.15 bits per heavy atom. The molecule has 0 fully saturated rings. The van der Waals surface area contributed by atoms with E-state index in [1.807, 2.05) is 6.92 Å². The minimum Gasteiger partial charge on any atom is -0.369 e. The molecule has 20 heavy (non-hydrogen) atoms. The molecular formula is C13H12BrClN4O. The van der Waals surface area contributed by atoms with Crippen LogP contribution >= 0.6 is 27.5 Å². The molecule has 0 atom stereocenters. The van der Waals surface area contributed by atoms with E-state index in [-0.39, 0.29) is 11.6 Å². The maximum Gasteiger partial charge on any atom is 0.275 e. The van der Waals surface area contributed by atoms with Crippen LogP contribution in [0.2, 0.25) is 5.02 Å². The maximum absolute atomic E-state index is 12.0. The number of nitrogens with zero attached hydrogens (tertiary/aromatic N) is 2. The van der Waals surface area contributed by atoms with Gasteiger partial charge in [-0.15, -0.1) is 0 Å². The van der Waals surface area contributed by atoms with Gasteiger partial charge in [0.1, 0.15) is 11.5 Å². The first-order valence-corrected chi connectivity index (χ1v) is 7.09. The zero-order valence-corrected chi connectivity index (χ0v) is 13.0. The average Bonchev–Trinajstić information content (AvgIpc) is 2.44. The standard InChI is InChI=1S/C13H12BrClN4O/c1-2-16-12-7-17-11(6-18-12)13(20)19-10-5-8(15)3-4-9(10)14/h3-7H,2H2,1H3,(H,16,18)(H,19,20). The van der Waals surface area contributed by atoms with E-state index in [2.05, 4.69) is 36.5 Å². The highest BCUT2D eigenvalue weighted by molar-refractivity contribution is 9.10. The van der Waals surface area contributed by atoms with Crippen LogP contribution in [0, 0.1) is 0 Å². The number of halogens is 2. The molecule has 104 valence electrons. The molecule has 7 heteroatoms. The topological polar surface area (TPSA) is 66.9 Å². The summed E-state index contributed by atoms with van der Waals surface area (Å²) in [5.74, 6) is 0.288. The second kappa shape index (κ2) is 6.67. The summed E-state index contributed by atoms with van der Waals surface area (Å²) in [6.45, 7) is 2.70. The number of nitrogens with one attached hydrogen (secondary N) is 2. The molecule has 2 N–H and O–H groups in total. The van der Waals surface area contributed by atoms with Gasteiger partial charge in [0.2, 0.25) is 0 Å². The summed E-state index contributed by atoms with van der Waals surface area (Å²) < 4.78 is 0.743. The average molecular weight is 356 g/mol. The molecule has 1 aromatic carbocycles. The second-order valence-corrected chi connectivity index (χ2v) is 5.19.